The number of aliphatic imine (C=N–C) groups is 1. The van der Waals surface area contributed by atoms with Crippen LogP contribution >= 0.6 is 35.3 Å². The molecule has 3 rings (SSSR count). The zero-order valence-electron chi connectivity index (χ0n) is 16.8. The molecule has 0 spiro atoms. The van der Waals surface area contributed by atoms with Crippen molar-refractivity contribution < 1.29 is 4.74 Å². The topological polar surface area (TPSA) is 40.1 Å². The lowest BCUT2D eigenvalue weighted by molar-refractivity contribution is -0.0354. The predicted molar refractivity (Wildman–Crippen MR) is 126 cm³/mol. The summed E-state index contributed by atoms with van der Waals surface area (Å²) < 4.78 is 5.59. The van der Waals surface area contributed by atoms with Crippen molar-refractivity contribution in [3.05, 3.63) is 22.4 Å². The minimum absolute atomic E-state index is 0. The Kier molecular flexibility index (Phi) is 9.82. The van der Waals surface area contributed by atoms with Crippen LogP contribution in [-0.4, -0.2) is 74.8 Å². The van der Waals surface area contributed by atoms with Crippen molar-refractivity contribution >= 4 is 41.3 Å². The Labute approximate surface area is 185 Å². The standard InChI is InChI=1S/C20H34N4OS.HI/c1-21-19(23(2)11-8-18-7-6-16-26-18)22-17-20(9-4-3-5-10-20)24-12-14-25-15-13-24;/h6-7,16H,3-5,8-15,17H2,1-2H3,(H,21,22);1H. The van der Waals surface area contributed by atoms with Crippen LogP contribution in [0.3, 0.4) is 0 Å². The fourth-order valence-corrected chi connectivity index (χ4v) is 5.02. The molecule has 0 aromatic carbocycles. The van der Waals surface area contributed by atoms with E-state index in [0.717, 1.165) is 51.8 Å². The average molecular weight is 506 g/mol. The molecule has 27 heavy (non-hydrogen) atoms. The Hall–Kier alpha value is -0.380. The first-order valence-electron chi connectivity index (χ1n) is 10.0. The fraction of sp³-hybridized carbons (Fsp3) is 0.750. The smallest absolute Gasteiger partial charge is 0.193 e. The average Bonchev–Trinajstić information content (AvgIpc) is 3.22. The second kappa shape index (κ2) is 11.6. The molecule has 2 heterocycles. The van der Waals surface area contributed by atoms with E-state index in [1.165, 1.54) is 37.0 Å². The van der Waals surface area contributed by atoms with Gasteiger partial charge in [-0.05, 0) is 30.7 Å². The number of likely N-dealkylation sites (N-methyl/N-ethyl adjacent to an activating group) is 1. The molecule has 1 saturated carbocycles. The highest BCUT2D eigenvalue weighted by atomic mass is 127. The van der Waals surface area contributed by atoms with Crippen molar-refractivity contribution in [3.63, 3.8) is 0 Å². The van der Waals surface area contributed by atoms with E-state index in [9.17, 15) is 0 Å². The summed E-state index contributed by atoms with van der Waals surface area (Å²) in [7, 11) is 4.04. The monoisotopic (exact) mass is 506 g/mol. The molecule has 154 valence electrons. The SMILES string of the molecule is CN=C(NCC1(N2CCOCC2)CCCCC1)N(C)CCc1cccs1.I. The maximum Gasteiger partial charge on any atom is 0.193 e. The Balaban J connectivity index is 0.00000261. The predicted octanol–water partition coefficient (Wildman–Crippen LogP) is 3.45. The highest BCUT2D eigenvalue weighted by Crippen LogP contribution is 2.33. The van der Waals surface area contributed by atoms with Gasteiger partial charge in [-0.1, -0.05) is 25.3 Å². The van der Waals surface area contributed by atoms with Gasteiger partial charge in [0.05, 0.1) is 13.2 Å². The van der Waals surface area contributed by atoms with Crippen LogP contribution in [-0.2, 0) is 11.2 Å². The summed E-state index contributed by atoms with van der Waals surface area (Å²) in [5, 5.41) is 5.85. The number of nitrogens with one attached hydrogen (secondary N) is 1. The van der Waals surface area contributed by atoms with Crippen molar-refractivity contribution in [2.45, 2.75) is 44.1 Å². The summed E-state index contributed by atoms with van der Waals surface area (Å²) in [6, 6.07) is 4.34. The molecule has 0 bridgehead atoms. The first kappa shape index (κ1) is 22.9. The lowest BCUT2D eigenvalue weighted by Crippen LogP contribution is -2.60. The van der Waals surface area contributed by atoms with Crippen molar-refractivity contribution in [2.24, 2.45) is 4.99 Å². The van der Waals surface area contributed by atoms with E-state index in [0.29, 0.717) is 0 Å². The van der Waals surface area contributed by atoms with Gasteiger partial charge in [-0.3, -0.25) is 9.89 Å². The lowest BCUT2D eigenvalue weighted by Gasteiger charge is -2.48. The van der Waals surface area contributed by atoms with E-state index < -0.39 is 0 Å². The molecule has 1 aliphatic heterocycles. The number of morpholine rings is 1. The maximum atomic E-state index is 5.59. The molecule has 1 aromatic rings. The maximum absolute atomic E-state index is 5.59. The quantitative estimate of drug-likeness (QED) is 0.365. The van der Waals surface area contributed by atoms with Crippen LogP contribution < -0.4 is 5.32 Å². The fourth-order valence-electron chi connectivity index (χ4n) is 4.32. The Morgan fingerprint density at radius 3 is 2.67 bits per heavy atom. The van der Waals surface area contributed by atoms with Gasteiger partial charge in [-0.25, -0.2) is 0 Å². The summed E-state index contributed by atoms with van der Waals surface area (Å²) in [5.74, 6) is 1.01. The van der Waals surface area contributed by atoms with E-state index >= 15 is 0 Å². The van der Waals surface area contributed by atoms with E-state index in [1.807, 2.05) is 18.4 Å². The number of hydrogen-bond donors (Lipinski definition) is 1. The second-order valence-corrected chi connectivity index (χ2v) is 8.57. The number of nitrogens with zero attached hydrogens (tertiary/aromatic N) is 3. The van der Waals surface area contributed by atoms with Gasteiger partial charge < -0.3 is 15.0 Å². The number of hydrogen-bond acceptors (Lipinski definition) is 4. The molecule has 1 saturated heterocycles. The molecular formula is C20H35IN4OS. The van der Waals surface area contributed by atoms with Crippen molar-refractivity contribution in [3.8, 4) is 0 Å². The molecule has 7 heteroatoms. The molecule has 0 amide bonds. The molecule has 1 aromatic heterocycles. The van der Waals surface area contributed by atoms with Crippen LogP contribution in [0.5, 0.6) is 0 Å². The lowest BCUT2D eigenvalue weighted by atomic mass is 9.80. The Morgan fingerprint density at radius 1 is 1.30 bits per heavy atom. The minimum Gasteiger partial charge on any atom is -0.379 e. The zero-order chi connectivity index (χ0) is 18.2. The van der Waals surface area contributed by atoms with Gasteiger partial charge in [0.25, 0.3) is 0 Å². The number of thiophene rings is 1. The largest absolute Gasteiger partial charge is 0.379 e. The van der Waals surface area contributed by atoms with Gasteiger partial charge >= 0.3 is 0 Å². The minimum atomic E-state index is 0. The molecular weight excluding hydrogens is 471 g/mol. The molecule has 0 atom stereocenters. The van der Waals surface area contributed by atoms with Crippen LogP contribution in [0.4, 0.5) is 0 Å². The molecule has 0 radical (unpaired) electrons. The normalized spacial score (nSPS) is 20.7. The number of guanidine groups is 1. The third kappa shape index (κ3) is 6.30. The first-order chi connectivity index (χ1) is 12.7. The zero-order valence-corrected chi connectivity index (χ0v) is 19.9. The first-order valence-corrected chi connectivity index (χ1v) is 10.9. The summed E-state index contributed by atoms with van der Waals surface area (Å²) in [6.07, 6.45) is 7.70. The van der Waals surface area contributed by atoms with E-state index in [2.05, 4.69) is 44.7 Å². The van der Waals surface area contributed by atoms with Gasteiger partial charge in [-0.15, -0.1) is 35.3 Å². The molecule has 2 fully saturated rings. The van der Waals surface area contributed by atoms with Crippen LogP contribution in [0.15, 0.2) is 22.5 Å². The van der Waals surface area contributed by atoms with Crippen LogP contribution in [0.1, 0.15) is 37.0 Å². The third-order valence-corrected chi connectivity index (χ3v) is 6.82. The van der Waals surface area contributed by atoms with Gasteiger partial charge in [0, 0.05) is 50.7 Å². The summed E-state index contributed by atoms with van der Waals surface area (Å²) >= 11 is 1.83. The number of rotatable bonds is 6. The van der Waals surface area contributed by atoms with E-state index in [1.54, 1.807) is 0 Å². The molecule has 0 unspecified atom stereocenters. The molecule has 5 nitrogen and oxygen atoms in total. The Bertz CT molecular complexity index is 554. The van der Waals surface area contributed by atoms with Gasteiger partial charge in [0.2, 0.25) is 0 Å². The summed E-state index contributed by atoms with van der Waals surface area (Å²) in [5.41, 5.74) is 0.270. The number of halogens is 1. The van der Waals surface area contributed by atoms with Crippen LogP contribution in [0.25, 0.3) is 0 Å². The highest BCUT2D eigenvalue weighted by molar-refractivity contribution is 14.0. The van der Waals surface area contributed by atoms with Crippen LogP contribution in [0, 0.1) is 0 Å². The molecule has 2 aliphatic rings. The van der Waals surface area contributed by atoms with Crippen LogP contribution in [0.2, 0.25) is 0 Å². The second-order valence-electron chi connectivity index (χ2n) is 7.54. The molecule has 1 N–H and O–H groups in total. The summed E-state index contributed by atoms with van der Waals surface area (Å²) in [4.78, 5) is 10.9. The molecule has 1 aliphatic carbocycles. The van der Waals surface area contributed by atoms with Gasteiger partial charge in [0.15, 0.2) is 5.96 Å². The van der Waals surface area contributed by atoms with E-state index in [4.69, 9.17) is 4.74 Å². The van der Waals surface area contributed by atoms with Crippen molar-refractivity contribution in [1.29, 1.82) is 0 Å². The van der Waals surface area contributed by atoms with Gasteiger partial charge in [-0.2, -0.15) is 0 Å². The third-order valence-electron chi connectivity index (χ3n) is 5.89. The number of ether oxygens (including phenoxy) is 1. The highest BCUT2D eigenvalue weighted by Gasteiger charge is 2.38. The summed E-state index contributed by atoms with van der Waals surface area (Å²) in [6.45, 7) is 5.85. The van der Waals surface area contributed by atoms with Gasteiger partial charge in [0.1, 0.15) is 0 Å². The Morgan fingerprint density at radius 2 is 2.04 bits per heavy atom. The van der Waals surface area contributed by atoms with Crippen molar-refractivity contribution in [1.82, 2.24) is 15.1 Å². The van der Waals surface area contributed by atoms with Crippen molar-refractivity contribution in [2.75, 3.05) is 53.5 Å². The van der Waals surface area contributed by atoms with E-state index in [-0.39, 0.29) is 29.5 Å².